The van der Waals surface area contributed by atoms with Gasteiger partial charge in [0.05, 0.1) is 0 Å². The normalized spacial score (nSPS) is 5.31. The SMILES string of the molecule is C=CC.CC#CCC.CCCC.N. The molecule has 13 heavy (non-hydrogen) atoms. The highest BCUT2D eigenvalue weighted by Gasteiger charge is 1.56. The highest BCUT2D eigenvalue weighted by molar-refractivity contribution is 4.92. The molecule has 0 fully saturated rings. The van der Waals surface area contributed by atoms with Crippen LogP contribution in [0.15, 0.2) is 12.7 Å². The molecule has 0 atom stereocenters. The predicted octanol–water partition coefficient (Wildman–Crippen LogP) is 4.58. The molecule has 0 aromatic rings. The lowest BCUT2D eigenvalue weighted by Gasteiger charge is -1.68. The van der Waals surface area contributed by atoms with Crippen LogP contribution in [0.1, 0.15) is 53.9 Å². The van der Waals surface area contributed by atoms with Crippen molar-refractivity contribution in [3.63, 3.8) is 0 Å². The maximum atomic E-state index is 3.36. The summed E-state index contributed by atoms with van der Waals surface area (Å²) in [6, 6.07) is 0. The van der Waals surface area contributed by atoms with Crippen LogP contribution in [-0.4, -0.2) is 0 Å². The number of rotatable bonds is 1. The van der Waals surface area contributed by atoms with Gasteiger partial charge < -0.3 is 6.15 Å². The summed E-state index contributed by atoms with van der Waals surface area (Å²) in [5.41, 5.74) is 0. The van der Waals surface area contributed by atoms with Crippen molar-refractivity contribution in [2.24, 2.45) is 0 Å². The summed E-state index contributed by atoms with van der Waals surface area (Å²) in [5, 5.41) is 0. The summed E-state index contributed by atoms with van der Waals surface area (Å²) in [6.45, 7) is 13.5. The third-order valence-electron chi connectivity index (χ3n) is 0.854. The maximum absolute atomic E-state index is 3.36. The van der Waals surface area contributed by atoms with E-state index in [1.165, 1.54) is 12.8 Å². The van der Waals surface area contributed by atoms with E-state index in [2.05, 4.69) is 32.3 Å². The average molecular weight is 185 g/mol. The van der Waals surface area contributed by atoms with Gasteiger partial charge in [-0.3, -0.25) is 0 Å². The van der Waals surface area contributed by atoms with Crippen LogP contribution in [0.5, 0.6) is 0 Å². The molecule has 3 N–H and O–H groups in total. The van der Waals surface area contributed by atoms with Crippen molar-refractivity contribution in [3.8, 4) is 11.8 Å². The van der Waals surface area contributed by atoms with Crippen molar-refractivity contribution in [1.29, 1.82) is 0 Å². The minimum absolute atomic E-state index is 0. The van der Waals surface area contributed by atoms with E-state index in [0.717, 1.165) is 6.42 Å². The molecule has 0 bridgehead atoms. The summed E-state index contributed by atoms with van der Waals surface area (Å²) < 4.78 is 0. The molecule has 0 heterocycles. The standard InChI is InChI=1S/C5H8.C4H10.C3H6.H3N/c1-3-5-4-2;1-3-4-2;1-3-2;/h3H2,1-2H3;3-4H2,1-2H3;3H,1H2,2H3;1H3. The van der Waals surface area contributed by atoms with Crippen molar-refractivity contribution in [2.75, 3.05) is 0 Å². The Morgan fingerprint density at radius 3 is 1.46 bits per heavy atom. The fraction of sp³-hybridized carbons (Fsp3) is 0.667. The molecule has 80 valence electrons. The van der Waals surface area contributed by atoms with Crippen LogP contribution in [0.4, 0.5) is 0 Å². The first-order valence-corrected chi connectivity index (χ1v) is 4.71. The van der Waals surface area contributed by atoms with E-state index in [1.807, 2.05) is 20.8 Å². The van der Waals surface area contributed by atoms with Gasteiger partial charge in [-0.2, -0.15) is 0 Å². The Bertz CT molecular complexity index is 104. The second kappa shape index (κ2) is 42.8. The van der Waals surface area contributed by atoms with E-state index in [4.69, 9.17) is 0 Å². The summed E-state index contributed by atoms with van der Waals surface area (Å²) in [5.74, 6) is 5.63. The van der Waals surface area contributed by atoms with Gasteiger partial charge in [0.2, 0.25) is 0 Å². The molecule has 0 saturated heterocycles. The summed E-state index contributed by atoms with van der Waals surface area (Å²) in [7, 11) is 0. The van der Waals surface area contributed by atoms with Gasteiger partial charge in [0.25, 0.3) is 0 Å². The van der Waals surface area contributed by atoms with E-state index >= 15 is 0 Å². The molecule has 0 rings (SSSR count). The first-order chi connectivity index (χ1) is 5.74. The van der Waals surface area contributed by atoms with Gasteiger partial charge in [-0.25, -0.2) is 0 Å². The molecule has 0 aromatic heterocycles. The van der Waals surface area contributed by atoms with E-state index in [9.17, 15) is 0 Å². The minimum atomic E-state index is 0. The first-order valence-electron chi connectivity index (χ1n) is 4.71. The quantitative estimate of drug-likeness (QED) is 0.471. The van der Waals surface area contributed by atoms with E-state index in [1.54, 1.807) is 6.08 Å². The molecule has 0 radical (unpaired) electrons. The smallest absolute Gasteiger partial charge is 0.00601 e. The van der Waals surface area contributed by atoms with Gasteiger partial charge in [-0.05, 0) is 13.8 Å². The lowest BCUT2D eigenvalue weighted by Crippen LogP contribution is -1.47. The molecule has 1 heteroatoms. The third-order valence-corrected chi connectivity index (χ3v) is 0.854. The molecule has 0 aromatic carbocycles. The average Bonchev–Trinajstić information content (AvgIpc) is 2.08. The van der Waals surface area contributed by atoms with Gasteiger partial charge in [0.15, 0.2) is 0 Å². The molecule has 1 nitrogen and oxygen atoms in total. The van der Waals surface area contributed by atoms with Gasteiger partial charge in [0, 0.05) is 6.42 Å². The van der Waals surface area contributed by atoms with Crippen molar-refractivity contribution >= 4 is 0 Å². The van der Waals surface area contributed by atoms with Crippen molar-refractivity contribution < 1.29 is 0 Å². The number of hydrogen-bond donors (Lipinski definition) is 1. The minimum Gasteiger partial charge on any atom is -0.344 e. The van der Waals surface area contributed by atoms with Crippen molar-refractivity contribution in [2.45, 2.75) is 53.9 Å². The fourth-order valence-corrected chi connectivity index (χ4v) is 0.177. The monoisotopic (exact) mass is 185 g/mol. The predicted molar refractivity (Wildman–Crippen MR) is 65.2 cm³/mol. The molecule has 0 aliphatic carbocycles. The molecule has 0 aliphatic heterocycles. The molecular formula is C12H27N. The second-order valence-electron chi connectivity index (χ2n) is 2.19. The maximum Gasteiger partial charge on any atom is 0.00601 e. The van der Waals surface area contributed by atoms with Crippen LogP contribution in [0.2, 0.25) is 0 Å². The Morgan fingerprint density at radius 2 is 1.46 bits per heavy atom. The highest BCUT2D eigenvalue weighted by atomic mass is 14.0. The van der Waals surface area contributed by atoms with Crippen molar-refractivity contribution in [3.05, 3.63) is 12.7 Å². The third kappa shape index (κ3) is 189. The van der Waals surface area contributed by atoms with Gasteiger partial charge >= 0.3 is 0 Å². The Kier molecular flexibility index (Phi) is 75.1. The van der Waals surface area contributed by atoms with E-state index in [-0.39, 0.29) is 6.15 Å². The van der Waals surface area contributed by atoms with Crippen LogP contribution in [0, 0.1) is 11.8 Å². The highest BCUT2D eigenvalue weighted by Crippen LogP contribution is 1.76. The van der Waals surface area contributed by atoms with Gasteiger partial charge in [-0.1, -0.05) is 39.7 Å². The van der Waals surface area contributed by atoms with Gasteiger partial charge in [0.1, 0.15) is 0 Å². The Labute approximate surface area is 85.2 Å². The van der Waals surface area contributed by atoms with Crippen LogP contribution in [0.25, 0.3) is 0 Å². The lowest BCUT2D eigenvalue weighted by molar-refractivity contribution is 0.886. The zero-order valence-electron chi connectivity index (χ0n) is 10.1. The lowest BCUT2D eigenvalue weighted by atomic mass is 10.4. The Balaban J connectivity index is -0.0000000465. The number of allylic oxidation sites excluding steroid dienone is 1. The van der Waals surface area contributed by atoms with Crippen LogP contribution in [0.3, 0.4) is 0 Å². The topological polar surface area (TPSA) is 35.0 Å². The van der Waals surface area contributed by atoms with Crippen molar-refractivity contribution in [1.82, 2.24) is 6.15 Å². The van der Waals surface area contributed by atoms with E-state index < -0.39 is 0 Å². The molecule has 0 saturated carbocycles. The van der Waals surface area contributed by atoms with Crippen LogP contribution >= 0.6 is 0 Å². The Hall–Kier alpha value is -0.740. The molecule has 0 aliphatic rings. The number of hydrogen-bond acceptors (Lipinski definition) is 1. The van der Waals surface area contributed by atoms with E-state index in [0.29, 0.717) is 0 Å². The first kappa shape index (κ1) is 22.8. The molecular weight excluding hydrogens is 158 g/mol. The van der Waals surface area contributed by atoms with Crippen LogP contribution < -0.4 is 6.15 Å². The zero-order valence-corrected chi connectivity index (χ0v) is 10.1. The summed E-state index contributed by atoms with van der Waals surface area (Å²) in [6.07, 6.45) is 5.37. The summed E-state index contributed by atoms with van der Waals surface area (Å²) in [4.78, 5) is 0. The molecule has 0 unspecified atom stereocenters. The van der Waals surface area contributed by atoms with Gasteiger partial charge in [-0.15, -0.1) is 18.4 Å². The fourth-order valence-electron chi connectivity index (χ4n) is 0.177. The Morgan fingerprint density at radius 1 is 1.15 bits per heavy atom. The largest absolute Gasteiger partial charge is 0.344 e. The zero-order chi connectivity index (χ0) is 10.2. The number of unbranched alkanes of at least 4 members (excludes halogenated alkanes) is 1. The summed E-state index contributed by atoms with van der Waals surface area (Å²) >= 11 is 0. The molecule has 0 amide bonds. The second-order valence-corrected chi connectivity index (χ2v) is 2.19. The van der Waals surface area contributed by atoms with Crippen LogP contribution in [-0.2, 0) is 0 Å². The molecule has 0 spiro atoms.